The molecular weight excluding hydrogens is 323 g/mol. The SMILES string of the molecule is Cc1ccc(F)c(Oc2ccc(N)c(C(NC(=O)O)C(C)(C)C)c2)c1. The van der Waals surface area contributed by atoms with Gasteiger partial charge >= 0.3 is 6.09 Å². The first-order valence-corrected chi connectivity index (χ1v) is 7.91. The summed E-state index contributed by atoms with van der Waals surface area (Å²) in [4.78, 5) is 11.2. The predicted octanol–water partition coefficient (Wildman–Crippen LogP) is 4.86. The summed E-state index contributed by atoms with van der Waals surface area (Å²) in [7, 11) is 0. The van der Waals surface area contributed by atoms with Crippen LogP contribution in [0.4, 0.5) is 14.9 Å². The molecule has 0 aliphatic rings. The van der Waals surface area contributed by atoms with Crippen LogP contribution >= 0.6 is 0 Å². The maximum absolute atomic E-state index is 13.9. The Labute approximate surface area is 146 Å². The number of ether oxygens (including phenoxy) is 1. The Kier molecular flexibility index (Phi) is 5.21. The second-order valence-corrected chi connectivity index (χ2v) is 7.08. The standard InChI is InChI=1S/C19H23FN2O3/c1-11-5-7-14(20)16(9-11)25-12-6-8-15(21)13(10-12)17(19(2,3)4)22-18(23)24/h5-10,17,22H,21H2,1-4H3,(H,23,24). The van der Waals surface area contributed by atoms with Crippen LogP contribution in [0.15, 0.2) is 36.4 Å². The lowest BCUT2D eigenvalue weighted by Crippen LogP contribution is -2.36. The monoisotopic (exact) mass is 346 g/mol. The van der Waals surface area contributed by atoms with Crippen LogP contribution in [-0.4, -0.2) is 11.2 Å². The topological polar surface area (TPSA) is 84.6 Å². The van der Waals surface area contributed by atoms with Gasteiger partial charge < -0.3 is 20.9 Å². The molecule has 6 heteroatoms. The van der Waals surface area contributed by atoms with Gasteiger partial charge in [-0.2, -0.15) is 0 Å². The molecule has 0 spiro atoms. The van der Waals surface area contributed by atoms with Gasteiger partial charge in [-0.25, -0.2) is 9.18 Å². The van der Waals surface area contributed by atoms with Gasteiger partial charge in [-0.05, 0) is 48.2 Å². The summed E-state index contributed by atoms with van der Waals surface area (Å²) in [5.41, 5.74) is 7.52. The highest BCUT2D eigenvalue weighted by molar-refractivity contribution is 5.66. The predicted molar refractivity (Wildman–Crippen MR) is 95.4 cm³/mol. The van der Waals surface area contributed by atoms with Crippen molar-refractivity contribution in [2.24, 2.45) is 5.41 Å². The normalized spacial score (nSPS) is 12.5. The third-order valence-electron chi connectivity index (χ3n) is 3.82. The minimum absolute atomic E-state index is 0.106. The number of carbonyl (C=O) groups is 1. The zero-order valence-corrected chi connectivity index (χ0v) is 14.8. The quantitative estimate of drug-likeness (QED) is 0.690. The van der Waals surface area contributed by atoms with E-state index in [4.69, 9.17) is 15.6 Å². The molecule has 2 rings (SSSR count). The zero-order chi connectivity index (χ0) is 18.8. The minimum Gasteiger partial charge on any atom is -0.465 e. The molecule has 4 N–H and O–H groups in total. The minimum atomic E-state index is -1.14. The second-order valence-electron chi connectivity index (χ2n) is 7.08. The van der Waals surface area contributed by atoms with E-state index in [9.17, 15) is 9.18 Å². The Morgan fingerprint density at radius 2 is 1.92 bits per heavy atom. The van der Waals surface area contributed by atoms with E-state index in [-0.39, 0.29) is 5.75 Å². The van der Waals surface area contributed by atoms with Crippen LogP contribution in [0.1, 0.15) is 37.9 Å². The number of carboxylic acid groups (broad SMARTS) is 1. The third kappa shape index (κ3) is 4.62. The second kappa shape index (κ2) is 7.01. The van der Waals surface area contributed by atoms with Crippen molar-refractivity contribution >= 4 is 11.8 Å². The van der Waals surface area contributed by atoms with Crippen molar-refractivity contribution in [3.63, 3.8) is 0 Å². The van der Waals surface area contributed by atoms with Gasteiger partial charge in [0.1, 0.15) is 5.75 Å². The van der Waals surface area contributed by atoms with Crippen molar-refractivity contribution < 1.29 is 19.0 Å². The summed E-state index contributed by atoms with van der Waals surface area (Å²) < 4.78 is 19.6. The Morgan fingerprint density at radius 1 is 1.24 bits per heavy atom. The number of nitrogens with two attached hydrogens (primary N) is 1. The molecule has 0 saturated heterocycles. The van der Waals surface area contributed by atoms with Crippen LogP contribution < -0.4 is 15.8 Å². The molecular formula is C19H23FN2O3. The summed E-state index contributed by atoms with van der Waals surface area (Å²) in [6, 6.07) is 8.94. The average molecular weight is 346 g/mol. The summed E-state index contributed by atoms with van der Waals surface area (Å²) in [6.45, 7) is 7.55. The van der Waals surface area contributed by atoms with Gasteiger partial charge in [0.05, 0.1) is 6.04 Å². The number of hydrogen-bond donors (Lipinski definition) is 3. The molecule has 2 aromatic rings. The lowest BCUT2D eigenvalue weighted by Gasteiger charge is -2.32. The molecule has 1 unspecified atom stereocenters. The Bertz CT molecular complexity index is 785. The molecule has 0 radical (unpaired) electrons. The third-order valence-corrected chi connectivity index (χ3v) is 3.82. The number of nitrogens with one attached hydrogen (secondary N) is 1. The molecule has 2 aromatic carbocycles. The number of benzene rings is 2. The van der Waals surface area contributed by atoms with Crippen LogP contribution in [-0.2, 0) is 0 Å². The van der Waals surface area contributed by atoms with Gasteiger partial charge in [0, 0.05) is 11.3 Å². The summed E-state index contributed by atoms with van der Waals surface area (Å²) in [5.74, 6) is 0.0179. The van der Waals surface area contributed by atoms with E-state index in [2.05, 4.69) is 5.32 Å². The van der Waals surface area contributed by atoms with Crippen molar-refractivity contribution in [2.45, 2.75) is 33.7 Å². The van der Waals surface area contributed by atoms with Crippen molar-refractivity contribution in [2.75, 3.05) is 5.73 Å². The Morgan fingerprint density at radius 3 is 2.52 bits per heavy atom. The van der Waals surface area contributed by atoms with Crippen molar-refractivity contribution in [3.05, 3.63) is 53.3 Å². The van der Waals surface area contributed by atoms with Crippen LogP contribution in [0, 0.1) is 18.2 Å². The molecule has 0 aliphatic carbocycles. The van der Waals surface area contributed by atoms with Crippen molar-refractivity contribution in [3.8, 4) is 11.5 Å². The number of halogens is 1. The first-order chi connectivity index (χ1) is 11.6. The van der Waals surface area contributed by atoms with Gasteiger partial charge in [-0.15, -0.1) is 0 Å². The maximum atomic E-state index is 13.9. The fraction of sp³-hybridized carbons (Fsp3) is 0.316. The smallest absolute Gasteiger partial charge is 0.405 e. The van der Waals surface area contributed by atoms with Crippen molar-refractivity contribution in [1.29, 1.82) is 0 Å². The van der Waals surface area contributed by atoms with Gasteiger partial charge in [0.15, 0.2) is 11.6 Å². The number of rotatable bonds is 4. The maximum Gasteiger partial charge on any atom is 0.405 e. The first-order valence-electron chi connectivity index (χ1n) is 7.91. The fourth-order valence-corrected chi connectivity index (χ4v) is 2.57. The van der Waals surface area contributed by atoms with Crippen LogP contribution in [0.25, 0.3) is 0 Å². The number of anilines is 1. The van der Waals surface area contributed by atoms with Gasteiger partial charge in [-0.3, -0.25) is 0 Å². The lowest BCUT2D eigenvalue weighted by atomic mass is 9.81. The summed E-state index contributed by atoms with van der Waals surface area (Å²) >= 11 is 0. The Balaban J connectivity index is 2.42. The van der Waals surface area contributed by atoms with E-state index in [0.717, 1.165) is 5.56 Å². The van der Waals surface area contributed by atoms with Crippen LogP contribution in [0.5, 0.6) is 11.5 Å². The summed E-state index contributed by atoms with van der Waals surface area (Å²) in [5, 5.41) is 11.6. The highest BCUT2D eigenvalue weighted by Gasteiger charge is 2.29. The molecule has 0 aromatic heterocycles. The van der Waals surface area contributed by atoms with Gasteiger partial charge in [0.25, 0.3) is 0 Å². The zero-order valence-electron chi connectivity index (χ0n) is 14.8. The van der Waals surface area contributed by atoms with Crippen LogP contribution in [0.3, 0.4) is 0 Å². The largest absolute Gasteiger partial charge is 0.465 e. The van der Waals surface area contributed by atoms with Gasteiger partial charge in [0.2, 0.25) is 0 Å². The van der Waals surface area contributed by atoms with Gasteiger partial charge in [-0.1, -0.05) is 26.8 Å². The molecule has 0 fully saturated rings. The van der Waals surface area contributed by atoms with E-state index < -0.39 is 23.4 Å². The molecule has 0 heterocycles. The molecule has 0 saturated carbocycles. The van der Waals surface area contributed by atoms with E-state index in [0.29, 0.717) is 17.0 Å². The molecule has 1 amide bonds. The van der Waals surface area contributed by atoms with E-state index in [1.165, 1.54) is 6.07 Å². The number of nitrogen functional groups attached to an aromatic ring is 1. The molecule has 0 bridgehead atoms. The lowest BCUT2D eigenvalue weighted by molar-refractivity contribution is 0.175. The molecule has 1 atom stereocenters. The molecule has 25 heavy (non-hydrogen) atoms. The van der Waals surface area contributed by atoms with Crippen LogP contribution in [0.2, 0.25) is 0 Å². The first kappa shape index (κ1) is 18.6. The molecule has 5 nitrogen and oxygen atoms in total. The van der Waals surface area contributed by atoms with E-state index in [1.54, 1.807) is 30.3 Å². The van der Waals surface area contributed by atoms with Crippen molar-refractivity contribution in [1.82, 2.24) is 5.32 Å². The number of hydrogen-bond acceptors (Lipinski definition) is 3. The number of aryl methyl sites for hydroxylation is 1. The highest BCUT2D eigenvalue weighted by Crippen LogP contribution is 2.38. The van der Waals surface area contributed by atoms with E-state index >= 15 is 0 Å². The molecule has 0 aliphatic heterocycles. The highest BCUT2D eigenvalue weighted by atomic mass is 19.1. The van der Waals surface area contributed by atoms with E-state index in [1.807, 2.05) is 27.7 Å². The Hall–Kier alpha value is -2.76. The fourth-order valence-electron chi connectivity index (χ4n) is 2.57. The number of amides is 1. The molecule has 134 valence electrons. The summed E-state index contributed by atoms with van der Waals surface area (Å²) in [6.07, 6.45) is -1.14. The average Bonchev–Trinajstić information content (AvgIpc) is 2.49.